The number of likely N-dealkylation sites (tertiary alicyclic amines) is 1. The standard InChI is InChI=1S/C24H31NO7/c1-28-17-9-6-10-18(29-2)20(17)21(25-13-7-8-15(14-25)24(26)27)16-11-12-19(30-3)23(32-5)22(16)31-4/h6,9-12,15,21H,7-8,13-14H2,1-5H3,(H,26,27). The first-order chi connectivity index (χ1) is 15.5. The minimum atomic E-state index is -0.792. The molecule has 0 amide bonds. The van der Waals surface area contributed by atoms with E-state index in [1.807, 2.05) is 30.3 Å². The maximum Gasteiger partial charge on any atom is 0.307 e. The van der Waals surface area contributed by atoms with E-state index in [2.05, 4.69) is 4.90 Å². The van der Waals surface area contributed by atoms with E-state index < -0.39 is 17.9 Å². The molecule has 2 unspecified atom stereocenters. The van der Waals surface area contributed by atoms with Gasteiger partial charge in [0.1, 0.15) is 11.5 Å². The topological polar surface area (TPSA) is 86.7 Å². The molecule has 0 aliphatic carbocycles. The fraction of sp³-hybridized carbons (Fsp3) is 0.458. The average Bonchev–Trinajstić information content (AvgIpc) is 2.83. The molecule has 1 saturated heterocycles. The van der Waals surface area contributed by atoms with E-state index in [0.29, 0.717) is 48.3 Å². The highest BCUT2D eigenvalue weighted by atomic mass is 16.5. The Labute approximate surface area is 188 Å². The zero-order valence-corrected chi connectivity index (χ0v) is 19.2. The molecule has 0 spiro atoms. The second kappa shape index (κ2) is 10.5. The van der Waals surface area contributed by atoms with Crippen molar-refractivity contribution >= 4 is 5.97 Å². The molecule has 1 N–H and O–H groups in total. The lowest BCUT2D eigenvalue weighted by Crippen LogP contribution is -2.41. The van der Waals surface area contributed by atoms with Gasteiger partial charge in [0.15, 0.2) is 11.5 Å². The summed E-state index contributed by atoms with van der Waals surface area (Å²) in [4.78, 5) is 14.0. The molecule has 2 aromatic rings. The number of aliphatic carboxylic acids is 1. The van der Waals surface area contributed by atoms with Crippen LogP contribution in [0.5, 0.6) is 28.7 Å². The lowest BCUT2D eigenvalue weighted by molar-refractivity contribution is -0.143. The summed E-state index contributed by atoms with van der Waals surface area (Å²) in [5.74, 6) is 1.56. The quantitative estimate of drug-likeness (QED) is 0.626. The first-order valence-corrected chi connectivity index (χ1v) is 10.5. The molecule has 0 radical (unpaired) electrons. The third kappa shape index (κ3) is 4.41. The molecule has 32 heavy (non-hydrogen) atoms. The Kier molecular flexibility index (Phi) is 7.69. The van der Waals surface area contributed by atoms with Crippen LogP contribution < -0.4 is 23.7 Å². The second-order valence-electron chi connectivity index (χ2n) is 7.57. The van der Waals surface area contributed by atoms with Gasteiger partial charge in [-0.3, -0.25) is 9.69 Å². The van der Waals surface area contributed by atoms with Crippen LogP contribution in [0.15, 0.2) is 30.3 Å². The van der Waals surface area contributed by atoms with Crippen molar-refractivity contribution in [3.8, 4) is 28.7 Å². The summed E-state index contributed by atoms with van der Waals surface area (Å²) in [6.07, 6.45) is 1.41. The van der Waals surface area contributed by atoms with Gasteiger partial charge in [-0.05, 0) is 43.7 Å². The van der Waals surface area contributed by atoms with Crippen LogP contribution in [0.1, 0.15) is 30.0 Å². The lowest BCUT2D eigenvalue weighted by Gasteiger charge is -2.39. The van der Waals surface area contributed by atoms with Crippen LogP contribution in [0, 0.1) is 5.92 Å². The predicted octanol–water partition coefficient (Wildman–Crippen LogP) is 3.62. The molecule has 174 valence electrons. The molecule has 0 aromatic heterocycles. The van der Waals surface area contributed by atoms with Crippen molar-refractivity contribution < 1.29 is 33.6 Å². The number of piperidine rings is 1. The Bertz CT molecular complexity index is 924. The number of benzene rings is 2. The third-order valence-electron chi connectivity index (χ3n) is 5.94. The van der Waals surface area contributed by atoms with Crippen molar-refractivity contribution in [2.24, 2.45) is 5.92 Å². The first kappa shape index (κ1) is 23.5. The number of carboxylic acid groups (broad SMARTS) is 1. The van der Waals surface area contributed by atoms with Crippen molar-refractivity contribution in [3.63, 3.8) is 0 Å². The van der Waals surface area contributed by atoms with Gasteiger partial charge in [0.05, 0.1) is 53.1 Å². The predicted molar refractivity (Wildman–Crippen MR) is 119 cm³/mol. The summed E-state index contributed by atoms with van der Waals surface area (Å²) in [5.41, 5.74) is 1.60. The second-order valence-corrected chi connectivity index (χ2v) is 7.57. The van der Waals surface area contributed by atoms with Crippen LogP contribution in [-0.4, -0.2) is 64.6 Å². The summed E-state index contributed by atoms with van der Waals surface area (Å²) < 4.78 is 28.3. The molecule has 3 rings (SSSR count). The zero-order valence-electron chi connectivity index (χ0n) is 19.2. The van der Waals surface area contributed by atoms with Crippen LogP contribution in [0.2, 0.25) is 0 Å². The smallest absolute Gasteiger partial charge is 0.307 e. The monoisotopic (exact) mass is 445 g/mol. The average molecular weight is 446 g/mol. The van der Waals surface area contributed by atoms with E-state index in [4.69, 9.17) is 23.7 Å². The van der Waals surface area contributed by atoms with Gasteiger partial charge in [-0.1, -0.05) is 6.07 Å². The number of carboxylic acids is 1. The summed E-state index contributed by atoms with van der Waals surface area (Å²) >= 11 is 0. The lowest BCUT2D eigenvalue weighted by atomic mass is 9.89. The third-order valence-corrected chi connectivity index (χ3v) is 5.94. The maximum atomic E-state index is 11.8. The highest BCUT2D eigenvalue weighted by Crippen LogP contribution is 2.49. The minimum absolute atomic E-state index is 0.388. The number of hydrogen-bond donors (Lipinski definition) is 1. The molecular formula is C24H31NO7. The summed E-state index contributed by atoms with van der Waals surface area (Å²) in [6, 6.07) is 8.96. The van der Waals surface area contributed by atoms with Gasteiger partial charge in [0.2, 0.25) is 5.75 Å². The van der Waals surface area contributed by atoms with E-state index in [1.165, 1.54) is 0 Å². The van der Waals surface area contributed by atoms with Crippen molar-refractivity contribution in [2.75, 3.05) is 48.6 Å². The molecule has 1 fully saturated rings. The van der Waals surface area contributed by atoms with Crippen LogP contribution in [0.25, 0.3) is 0 Å². The van der Waals surface area contributed by atoms with Gasteiger partial charge in [0.25, 0.3) is 0 Å². The minimum Gasteiger partial charge on any atom is -0.496 e. The Morgan fingerprint density at radius 1 is 0.906 bits per heavy atom. The van der Waals surface area contributed by atoms with Crippen LogP contribution in [0.4, 0.5) is 0 Å². The molecule has 1 aliphatic rings. The number of nitrogens with zero attached hydrogens (tertiary/aromatic N) is 1. The van der Waals surface area contributed by atoms with E-state index in [-0.39, 0.29) is 0 Å². The van der Waals surface area contributed by atoms with E-state index in [9.17, 15) is 9.90 Å². The highest BCUT2D eigenvalue weighted by molar-refractivity contribution is 5.70. The van der Waals surface area contributed by atoms with Crippen LogP contribution in [0.3, 0.4) is 0 Å². The molecule has 0 bridgehead atoms. The summed E-state index contributed by atoms with van der Waals surface area (Å²) in [7, 11) is 7.92. The molecule has 8 heteroatoms. The number of ether oxygens (including phenoxy) is 5. The fourth-order valence-corrected chi connectivity index (χ4v) is 4.47. The van der Waals surface area contributed by atoms with Crippen molar-refractivity contribution in [1.82, 2.24) is 4.90 Å². The fourth-order valence-electron chi connectivity index (χ4n) is 4.47. The van der Waals surface area contributed by atoms with Gasteiger partial charge in [0, 0.05) is 12.1 Å². The van der Waals surface area contributed by atoms with E-state index in [1.54, 1.807) is 35.5 Å². The van der Waals surface area contributed by atoms with Gasteiger partial charge >= 0.3 is 5.97 Å². The molecule has 0 saturated carbocycles. The Balaban J connectivity index is 2.27. The first-order valence-electron chi connectivity index (χ1n) is 10.5. The molecule has 2 atom stereocenters. The Morgan fingerprint density at radius 3 is 2.06 bits per heavy atom. The molecule has 2 aromatic carbocycles. The number of rotatable bonds is 9. The molecular weight excluding hydrogens is 414 g/mol. The van der Waals surface area contributed by atoms with Gasteiger partial charge in [-0.25, -0.2) is 0 Å². The zero-order chi connectivity index (χ0) is 23.3. The Morgan fingerprint density at radius 2 is 1.53 bits per heavy atom. The summed E-state index contributed by atoms with van der Waals surface area (Å²) in [6.45, 7) is 1.10. The molecule has 8 nitrogen and oxygen atoms in total. The van der Waals surface area contributed by atoms with Crippen molar-refractivity contribution in [3.05, 3.63) is 41.5 Å². The largest absolute Gasteiger partial charge is 0.496 e. The van der Waals surface area contributed by atoms with Gasteiger partial charge in [-0.2, -0.15) is 0 Å². The van der Waals surface area contributed by atoms with Gasteiger partial charge < -0.3 is 28.8 Å². The SMILES string of the molecule is COc1ccc(C(c2c(OC)cccc2OC)N2CCCC(C(=O)O)C2)c(OC)c1OC. The number of methoxy groups -OCH3 is 5. The number of carbonyl (C=O) groups is 1. The normalized spacial score (nSPS) is 17.3. The maximum absolute atomic E-state index is 11.8. The van der Waals surface area contributed by atoms with E-state index >= 15 is 0 Å². The van der Waals surface area contributed by atoms with Crippen LogP contribution in [-0.2, 0) is 4.79 Å². The van der Waals surface area contributed by atoms with E-state index in [0.717, 1.165) is 17.5 Å². The number of hydrogen-bond acceptors (Lipinski definition) is 7. The highest BCUT2D eigenvalue weighted by Gasteiger charge is 2.36. The van der Waals surface area contributed by atoms with Gasteiger partial charge in [-0.15, -0.1) is 0 Å². The van der Waals surface area contributed by atoms with Crippen LogP contribution >= 0.6 is 0 Å². The van der Waals surface area contributed by atoms with Crippen molar-refractivity contribution in [2.45, 2.75) is 18.9 Å². The van der Waals surface area contributed by atoms with Crippen molar-refractivity contribution in [1.29, 1.82) is 0 Å². The molecule has 1 aliphatic heterocycles. The molecule has 1 heterocycles. The summed E-state index contributed by atoms with van der Waals surface area (Å²) in [5, 5.41) is 9.69. The Hall–Kier alpha value is -3.13.